The van der Waals surface area contributed by atoms with Crippen LogP contribution < -0.4 is 0 Å². The Morgan fingerprint density at radius 2 is 1.78 bits per heavy atom. The number of halogens is 5. The normalized spacial score (nSPS) is 22.9. The summed E-state index contributed by atoms with van der Waals surface area (Å²) in [5.41, 5.74) is 1.50. The zero-order chi connectivity index (χ0) is 26.1. The SMILES string of the molecule is CC(C)(C)OC(=O)N1CC2(C1)OCc1cc(C3=NSC(c4cc(Cl)cc(Cl)c4)(C(F)(F)F)C3)ccc12. The zero-order valence-electron chi connectivity index (χ0n) is 19.7. The van der Waals surface area contributed by atoms with Crippen molar-refractivity contribution in [3.05, 3.63) is 68.7 Å². The average molecular weight is 559 g/mol. The first kappa shape index (κ1) is 25.7. The second-order valence-electron chi connectivity index (χ2n) is 10.3. The molecule has 1 saturated heterocycles. The van der Waals surface area contributed by atoms with E-state index in [0.717, 1.165) is 11.1 Å². The van der Waals surface area contributed by atoms with Crippen molar-refractivity contribution in [2.45, 2.75) is 55.9 Å². The molecule has 192 valence electrons. The van der Waals surface area contributed by atoms with E-state index in [0.29, 0.717) is 42.9 Å². The van der Waals surface area contributed by atoms with Gasteiger partial charge in [0.05, 0.1) is 25.4 Å². The molecule has 1 amide bonds. The molecule has 1 fully saturated rings. The van der Waals surface area contributed by atoms with Crippen LogP contribution in [0.4, 0.5) is 18.0 Å². The third kappa shape index (κ3) is 4.38. The van der Waals surface area contributed by atoms with Crippen molar-refractivity contribution in [2.24, 2.45) is 4.40 Å². The van der Waals surface area contributed by atoms with Gasteiger partial charge in [-0.25, -0.2) is 9.19 Å². The van der Waals surface area contributed by atoms with Gasteiger partial charge >= 0.3 is 12.3 Å². The largest absolute Gasteiger partial charge is 0.444 e. The predicted molar refractivity (Wildman–Crippen MR) is 134 cm³/mol. The summed E-state index contributed by atoms with van der Waals surface area (Å²) in [5, 5.41) is 0.271. The van der Waals surface area contributed by atoms with Crippen LogP contribution >= 0.6 is 35.1 Å². The van der Waals surface area contributed by atoms with Crippen LogP contribution in [-0.4, -0.2) is 41.6 Å². The van der Waals surface area contributed by atoms with E-state index in [2.05, 4.69) is 4.40 Å². The summed E-state index contributed by atoms with van der Waals surface area (Å²) in [6.07, 6.45) is -5.34. The van der Waals surface area contributed by atoms with E-state index in [1.165, 1.54) is 18.2 Å². The molecule has 5 rings (SSSR count). The summed E-state index contributed by atoms with van der Waals surface area (Å²) in [6.45, 7) is 6.45. The molecule has 0 bridgehead atoms. The van der Waals surface area contributed by atoms with E-state index in [9.17, 15) is 18.0 Å². The predicted octanol–water partition coefficient (Wildman–Crippen LogP) is 7.27. The molecular formula is C25H23Cl2F3N2O3S. The van der Waals surface area contributed by atoms with Gasteiger partial charge in [-0.05, 0) is 79.2 Å². The first-order chi connectivity index (χ1) is 16.7. The molecule has 2 aromatic rings. The van der Waals surface area contributed by atoms with Crippen molar-refractivity contribution in [1.82, 2.24) is 4.90 Å². The Kier molecular flexibility index (Phi) is 6.10. The third-order valence-electron chi connectivity index (χ3n) is 6.49. The minimum Gasteiger partial charge on any atom is -0.444 e. The number of carbonyl (C=O) groups excluding carboxylic acids is 1. The standard InChI is InChI=1S/C25H23Cl2F3N2O3S/c1-22(2,3)35-21(33)32-12-23(13-32)19-5-4-14(6-15(19)11-34-23)20-10-24(36-31-20,25(28,29)30)16-7-17(26)9-18(27)8-16/h4-9H,10-13H2,1-3H3. The van der Waals surface area contributed by atoms with Crippen molar-refractivity contribution in [1.29, 1.82) is 0 Å². The number of carbonyl (C=O) groups is 1. The molecule has 5 nitrogen and oxygen atoms in total. The van der Waals surface area contributed by atoms with E-state index in [1.54, 1.807) is 11.0 Å². The smallest absolute Gasteiger partial charge is 0.410 e. The number of amides is 1. The van der Waals surface area contributed by atoms with Crippen molar-refractivity contribution in [3.8, 4) is 0 Å². The number of fused-ring (bicyclic) bond motifs is 2. The lowest BCUT2D eigenvalue weighted by Gasteiger charge is -2.47. The number of likely N-dealkylation sites (tertiary alicyclic amines) is 1. The maximum atomic E-state index is 14.4. The summed E-state index contributed by atoms with van der Waals surface area (Å²) in [5.74, 6) is 0. The van der Waals surface area contributed by atoms with Gasteiger partial charge in [-0.2, -0.15) is 13.2 Å². The van der Waals surface area contributed by atoms with Crippen LogP contribution in [0.5, 0.6) is 0 Å². The molecule has 1 spiro atoms. The average Bonchev–Trinajstić information content (AvgIpc) is 3.33. The van der Waals surface area contributed by atoms with Crippen molar-refractivity contribution < 1.29 is 27.4 Å². The molecule has 0 N–H and O–H groups in total. The van der Waals surface area contributed by atoms with E-state index in [-0.39, 0.29) is 22.0 Å². The second-order valence-corrected chi connectivity index (χ2v) is 12.2. The number of alkyl halides is 3. The highest BCUT2D eigenvalue weighted by Crippen LogP contribution is 2.57. The first-order valence-corrected chi connectivity index (χ1v) is 12.8. The zero-order valence-corrected chi connectivity index (χ0v) is 22.0. The second kappa shape index (κ2) is 8.55. The molecule has 2 aromatic carbocycles. The lowest BCUT2D eigenvalue weighted by Crippen LogP contribution is -2.61. The molecule has 11 heteroatoms. The molecule has 3 aliphatic heterocycles. The topological polar surface area (TPSA) is 51.1 Å². The van der Waals surface area contributed by atoms with Gasteiger partial charge in [0.2, 0.25) is 0 Å². The van der Waals surface area contributed by atoms with Gasteiger partial charge in [0.25, 0.3) is 0 Å². The molecule has 0 aromatic heterocycles. The Hall–Kier alpha value is -1.94. The summed E-state index contributed by atoms with van der Waals surface area (Å²) < 4.78 is 56.6. The number of ether oxygens (including phenoxy) is 2. The van der Waals surface area contributed by atoms with Gasteiger partial charge in [0, 0.05) is 16.5 Å². The van der Waals surface area contributed by atoms with Gasteiger partial charge in [0.1, 0.15) is 11.2 Å². The molecule has 0 saturated carbocycles. The van der Waals surface area contributed by atoms with E-state index >= 15 is 0 Å². The summed E-state index contributed by atoms with van der Waals surface area (Å²) in [7, 11) is 0. The van der Waals surface area contributed by atoms with Crippen LogP contribution in [0.1, 0.15) is 49.4 Å². The maximum absolute atomic E-state index is 14.4. The fourth-order valence-electron chi connectivity index (χ4n) is 4.76. The quantitative estimate of drug-likeness (QED) is 0.364. The van der Waals surface area contributed by atoms with Crippen molar-refractivity contribution in [2.75, 3.05) is 13.1 Å². The molecule has 36 heavy (non-hydrogen) atoms. The Morgan fingerprint density at radius 3 is 2.39 bits per heavy atom. The Labute approximate surface area is 221 Å². The molecule has 1 unspecified atom stereocenters. The molecule has 3 heterocycles. The summed E-state index contributed by atoms with van der Waals surface area (Å²) >= 11 is 12.5. The third-order valence-corrected chi connectivity index (χ3v) is 8.16. The van der Waals surface area contributed by atoms with Crippen molar-refractivity contribution in [3.63, 3.8) is 0 Å². The lowest BCUT2D eigenvalue weighted by atomic mass is 9.84. The van der Waals surface area contributed by atoms with Crippen LogP contribution in [0.3, 0.4) is 0 Å². The number of rotatable bonds is 2. The van der Waals surface area contributed by atoms with Gasteiger partial charge in [-0.1, -0.05) is 35.3 Å². The van der Waals surface area contributed by atoms with Gasteiger partial charge < -0.3 is 14.4 Å². The van der Waals surface area contributed by atoms with Gasteiger partial charge in [0.15, 0.2) is 4.75 Å². The fourth-order valence-corrected chi connectivity index (χ4v) is 6.25. The number of hydrogen-bond donors (Lipinski definition) is 0. The maximum Gasteiger partial charge on any atom is 0.410 e. The summed E-state index contributed by atoms with van der Waals surface area (Å²) in [6, 6.07) is 9.44. The number of nitrogens with zero attached hydrogens (tertiary/aromatic N) is 2. The highest BCUT2D eigenvalue weighted by atomic mass is 35.5. The Bertz CT molecular complexity index is 1250. The van der Waals surface area contributed by atoms with Crippen LogP contribution in [0, 0.1) is 0 Å². The van der Waals surface area contributed by atoms with Gasteiger partial charge in [-0.15, -0.1) is 0 Å². The minimum atomic E-state index is -4.59. The monoisotopic (exact) mass is 558 g/mol. The van der Waals surface area contributed by atoms with Crippen LogP contribution in [0.15, 0.2) is 40.8 Å². The van der Waals surface area contributed by atoms with Crippen molar-refractivity contribution >= 4 is 47.0 Å². The van der Waals surface area contributed by atoms with E-state index in [1.807, 2.05) is 32.9 Å². The molecule has 3 aliphatic rings. The van der Waals surface area contributed by atoms with Crippen LogP contribution in [-0.2, 0) is 26.4 Å². The molecular weight excluding hydrogens is 536 g/mol. The van der Waals surface area contributed by atoms with Crippen LogP contribution in [0.25, 0.3) is 0 Å². The number of hydrogen-bond acceptors (Lipinski definition) is 5. The summed E-state index contributed by atoms with van der Waals surface area (Å²) in [4.78, 5) is 13.9. The number of benzene rings is 2. The minimum absolute atomic E-state index is 0.0311. The fraction of sp³-hybridized carbons (Fsp3) is 0.440. The Morgan fingerprint density at radius 1 is 1.11 bits per heavy atom. The molecule has 0 radical (unpaired) electrons. The van der Waals surface area contributed by atoms with Crippen LogP contribution in [0.2, 0.25) is 10.0 Å². The molecule has 0 aliphatic carbocycles. The van der Waals surface area contributed by atoms with E-state index in [4.69, 9.17) is 32.7 Å². The lowest BCUT2D eigenvalue weighted by molar-refractivity contribution is -0.159. The molecule has 1 atom stereocenters. The Balaban J connectivity index is 1.37. The van der Waals surface area contributed by atoms with E-state index < -0.39 is 28.2 Å². The highest BCUT2D eigenvalue weighted by molar-refractivity contribution is 7.99. The van der Waals surface area contributed by atoms with Gasteiger partial charge in [-0.3, -0.25) is 0 Å². The first-order valence-electron chi connectivity index (χ1n) is 11.3. The highest BCUT2D eigenvalue weighted by Gasteiger charge is 2.60.